The van der Waals surface area contributed by atoms with Crippen LogP contribution in [0.5, 0.6) is 5.75 Å². The summed E-state index contributed by atoms with van der Waals surface area (Å²) >= 11 is 6.16. The molecule has 0 amide bonds. The predicted molar refractivity (Wildman–Crippen MR) is 77.3 cm³/mol. The highest BCUT2D eigenvalue weighted by molar-refractivity contribution is 6.31. The number of hydrogen-bond donors (Lipinski definition) is 2. The summed E-state index contributed by atoms with van der Waals surface area (Å²) in [6.45, 7) is 5.87. The second-order valence-electron chi connectivity index (χ2n) is 4.52. The fourth-order valence-corrected chi connectivity index (χ4v) is 2.06. The van der Waals surface area contributed by atoms with Crippen molar-refractivity contribution in [3.8, 4) is 5.75 Å². The normalized spacial score (nSPS) is 11.0. The molecule has 0 radical (unpaired) electrons. The molecule has 102 valence electrons. The molecule has 0 heterocycles. The minimum atomic E-state index is 0.361. The lowest BCUT2D eigenvalue weighted by atomic mass is 9.98. The summed E-state index contributed by atoms with van der Waals surface area (Å²) < 4.78 is 5.65. The molecule has 0 aliphatic rings. The van der Waals surface area contributed by atoms with Gasteiger partial charge in [0.25, 0.3) is 0 Å². The Morgan fingerprint density at radius 1 is 1.28 bits per heavy atom. The van der Waals surface area contributed by atoms with Gasteiger partial charge in [-0.1, -0.05) is 11.6 Å². The Hall–Kier alpha value is -0.770. The highest BCUT2D eigenvalue weighted by atomic mass is 35.5. The molecule has 0 unspecified atom stereocenters. The molecule has 4 heteroatoms. The van der Waals surface area contributed by atoms with Crippen LogP contribution in [0.4, 0.5) is 0 Å². The van der Waals surface area contributed by atoms with E-state index in [4.69, 9.17) is 27.8 Å². The van der Waals surface area contributed by atoms with E-state index in [1.165, 1.54) is 0 Å². The van der Waals surface area contributed by atoms with Crippen molar-refractivity contribution in [2.45, 2.75) is 26.7 Å². The third kappa shape index (κ3) is 4.16. The monoisotopic (exact) mass is 270 g/mol. The Morgan fingerprint density at radius 2 is 1.94 bits per heavy atom. The average Bonchev–Trinajstić information content (AvgIpc) is 2.36. The molecule has 0 atom stereocenters. The molecule has 0 aromatic heterocycles. The summed E-state index contributed by atoms with van der Waals surface area (Å²) in [5.74, 6) is 1.28. The largest absolute Gasteiger partial charge is 0.494 e. The van der Waals surface area contributed by atoms with Crippen LogP contribution in [0.2, 0.25) is 5.02 Å². The van der Waals surface area contributed by atoms with Crippen LogP contribution in [0.1, 0.15) is 24.5 Å². The Morgan fingerprint density at radius 3 is 2.50 bits per heavy atom. The van der Waals surface area contributed by atoms with E-state index in [-0.39, 0.29) is 0 Å². The van der Waals surface area contributed by atoms with E-state index in [0.717, 1.165) is 34.7 Å². The maximum Gasteiger partial charge on any atom is 0.122 e. The Labute approximate surface area is 114 Å². The van der Waals surface area contributed by atoms with E-state index in [9.17, 15) is 0 Å². The second kappa shape index (κ2) is 7.62. The van der Waals surface area contributed by atoms with Crippen molar-refractivity contribution in [3.05, 3.63) is 28.3 Å². The molecule has 0 saturated heterocycles. The van der Waals surface area contributed by atoms with Gasteiger partial charge in [-0.2, -0.15) is 0 Å². The van der Waals surface area contributed by atoms with Crippen molar-refractivity contribution in [1.82, 2.24) is 0 Å². The first-order chi connectivity index (χ1) is 8.62. The van der Waals surface area contributed by atoms with Gasteiger partial charge in [0.05, 0.1) is 6.61 Å². The quantitative estimate of drug-likeness (QED) is 0.800. The number of benzene rings is 1. The van der Waals surface area contributed by atoms with E-state index >= 15 is 0 Å². The lowest BCUT2D eigenvalue weighted by Gasteiger charge is -2.15. The van der Waals surface area contributed by atoms with Gasteiger partial charge in [0, 0.05) is 5.02 Å². The van der Waals surface area contributed by atoms with Crippen LogP contribution >= 0.6 is 11.6 Å². The Kier molecular flexibility index (Phi) is 6.47. The molecule has 0 spiro atoms. The maximum atomic E-state index is 6.16. The molecule has 1 aromatic carbocycles. The highest BCUT2D eigenvalue weighted by Crippen LogP contribution is 2.28. The molecule has 18 heavy (non-hydrogen) atoms. The summed E-state index contributed by atoms with van der Waals surface area (Å²) in [4.78, 5) is 0. The molecular formula is C14H23ClN2O. The lowest BCUT2D eigenvalue weighted by molar-refractivity contribution is 0.335. The molecule has 1 rings (SSSR count). The van der Waals surface area contributed by atoms with Crippen LogP contribution in [-0.2, 0) is 6.42 Å². The van der Waals surface area contributed by atoms with E-state index in [1.807, 2.05) is 26.0 Å². The molecule has 0 bridgehead atoms. The zero-order valence-corrected chi connectivity index (χ0v) is 12.0. The van der Waals surface area contributed by atoms with Crippen molar-refractivity contribution < 1.29 is 4.74 Å². The summed E-state index contributed by atoms with van der Waals surface area (Å²) in [6.07, 6.45) is 1.86. The summed E-state index contributed by atoms with van der Waals surface area (Å²) in [5, 5.41) is 0.783. The maximum absolute atomic E-state index is 6.16. The van der Waals surface area contributed by atoms with Crippen LogP contribution in [0.15, 0.2) is 12.1 Å². The molecule has 0 fully saturated rings. The number of ether oxygens (including phenoxy) is 1. The van der Waals surface area contributed by atoms with E-state index in [1.54, 1.807) is 0 Å². The number of rotatable bonds is 7. The van der Waals surface area contributed by atoms with Gasteiger partial charge in [0.2, 0.25) is 0 Å². The third-order valence-corrected chi connectivity index (χ3v) is 3.54. The van der Waals surface area contributed by atoms with E-state index in [0.29, 0.717) is 25.6 Å². The zero-order chi connectivity index (χ0) is 13.5. The smallest absolute Gasteiger partial charge is 0.122 e. The van der Waals surface area contributed by atoms with Gasteiger partial charge < -0.3 is 16.2 Å². The molecule has 4 N–H and O–H groups in total. The van der Waals surface area contributed by atoms with Crippen molar-refractivity contribution in [2.24, 2.45) is 17.4 Å². The van der Waals surface area contributed by atoms with Crippen molar-refractivity contribution in [2.75, 3.05) is 19.7 Å². The fourth-order valence-electron chi connectivity index (χ4n) is 1.87. The lowest BCUT2D eigenvalue weighted by Crippen LogP contribution is -2.23. The zero-order valence-electron chi connectivity index (χ0n) is 11.2. The SMILES string of the molecule is CCOc1cc(C)c(Cl)cc1CCC(CN)CN. The first kappa shape index (κ1) is 15.3. The third-order valence-electron chi connectivity index (χ3n) is 3.13. The number of hydrogen-bond acceptors (Lipinski definition) is 3. The standard InChI is InChI=1S/C14H23ClN2O/c1-3-18-14-6-10(2)13(15)7-12(14)5-4-11(8-16)9-17/h6-7,11H,3-5,8-9,16-17H2,1-2H3. The first-order valence-corrected chi connectivity index (χ1v) is 6.82. The number of nitrogens with two attached hydrogens (primary N) is 2. The fraction of sp³-hybridized carbons (Fsp3) is 0.571. The minimum absolute atomic E-state index is 0.361. The summed E-state index contributed by atoms with van der Waals surface area (Å²) in [7, 11) is 0. The Bertz CT molecular complexity index is 378. The van der Waals surface area contributed by atoms with Crippen LogP contribution in [0.3, 0.4) is 0 Å². The van der Waals surface area contributed by atoms with Crippen LogP contribution in [0.25, 0.3) is 0 Å². The first-order valence-electron chi connectivity index (χ1n) is 6.44. The molecule has 1 aromatic rings. The highest BCUT2D eigenvalue weighted by Gasteiger charge is 2.10. The summed E-state index contributed by atoms with van der Waals surface area (Å²) in [5.41, 5.74) is 13.5. The van der Waals surface area contributed by atoms with Crippen LogP contribution < -0.4 is 16.2 Å². The Balaban J connectivity index is 2.82. The van der Waals surface area contributed by atoms with Crippen LogP contribution in [0, 0.1) is 12.8 Å². The molecule has 0 aliphatic carbocycles. The van der Waals surface area contributed by atoms with Crippen molar-refractivity contribution in [1.29, 1.82) is 0 Å². The van der Waals surface area contributed by atoms with Crippen LogP contribution in [-0.4, -0.2) is 19.7 Å². The molecule has 3 nitrogen and oxygen atoms in total. The minimum Gasteiger partial charge on any atom is -0.494 e. The molecular weight excluding hydrogens is 248 g/mol. The van der Waals surface area contributed by atoms with Gasteiger partial charge in [0.15, 0.2) is 0 Å². The average molecular weight is 271 g/mol. The van der Waals surface area contributed by atoms with Crippen molar-refractivity contribution >= 4 is 11.6 Å². The summed E-state index contributed by atoms with van der Waals surface area (Å²) in [6, 6.07) is 3.99. The van der Waals surface area contributed by atoms with Gasteiger partial charge in [-0.25, -0.2) is 0 Å². The van der Waals surface area contributed by atoms with Gasteiger partial charge in [-0.05, 0) is 69.0 Å². The topological polar surface area (TPSA) is 61.3 Å². The van der Waals surface area contributed by atoms with Gasteiger partial charge >= 0.3 is 0 Å². The van der Waals surface area contributed by atoms with Gasteiger partial charge in [-0.3, -0.25) is 0 Å². The van der Waals surface area contributed by atoms with E-state index in [2.05, 4.69) is 0 Å². The second-order valence-corrected chi connectivity index (χ2v) is 4.93. The number of halogens is 1. The van der Waals surface area contributed by atoms with Crippen molar-refractivity contribution in [3.63, 3.8) is 0 Å². The van der Waals surface area contributed by atoms with Gasteiger partial charge in [-0.15, -0.1) is 0 Å². The molecule has 0 saturated carbocycles. The predicted octanol–water partition coefficient (Wildman–Crippen LogP) is 2.51. The van der Waals surface area contributed by atoms with E-state index < -0.39 is 0 Å². The van der Waals surface area contributed by atoms with Gasteiger partial charge in [0.1, 0.15) is 5.75 Å². The molecule has 0 aliphatic heterocycles. The number of aryl methyl sites for hydroxylation is 2.